The van der Waals surface area contributed by atoms with Crippen LogP contribution in [0.2, 0.25) is 0 Å². The van der Waals surface area contributed by atoms with Gasteiger partial charge in [0.2, 0.25) is 5.60 Å². The zero-order valence-electron chi connectivity index (χ0n) is 9.92. The van der Waals surface area contributed by atoms with Gasteiger partial charge < -0.3 is 20.4 Å². The first-order valence-corrected chi connectivity index (χ1v) is 5.64. The van der Waals surface area contributed by atoms with Crippen molar-refractivity contribution in [1.29, 1.82) is 5.41 Å². The Morgan fingerprint density at radius 2 is 2.05 bits per heavy atom. The molecule has 0 fully saturated rings. The Kier molecular flexibility index (Phi) is 2.45. The Bertz CT molecular complexity index is 640. The summed E-state index contributed by atoms with van der Waals surface area (Å²) in [5, 5.41) is 7.81. The third-order valence-electron chi connectivity index (χ3n) is 2.88. The van der Waals surface area contributed by atoms with Crippen LogP contribution < -0.4 is 5.73 Å². The van der Waals surface area contributed by atoms with E-state index in [9.17, 15) is 0 Å². The van der Waals surface area contributed by atoms with Crippen molar-refractivity contribution < 1.29 is 4.74 Å². The van der Waals surface area contributed by atoms with E-state index >= 15 is 0 Å². The number of H-pyrrole nitrogens is 2. The molecule has 1 aliphatic heterocycles. The van der Waals surface area contributed by atoms with Crippen LogP contribution in [0.1, 0.15) is 11.6 Å². The van der Waals surface area contributed by atoms with Crippen molar-refractivity contribution in [3.8, 4) is 0 Å². The molecule has 0 saturated heterocycles. The summed E-state index contributed by atoms with van der Waals surface area (Å²) in [7, 11) is 0. The second-order valence-corrected chi connectivity index (χ2v) is 4.05. The van der Waals surface area contributed by atoms with Crippen molar-refractivity contribution in [3.63, 3.8) is 0 Å². The smallest absolute Gasteiger partial charge is 0.240 e. The summed E-state index contributed by atoms with van der Waals surface area (Å²) in [6.45, 7) is 0. The van der Waals surface area contributed by atoms with Gasteiger partial charge in [0.15, 0.2) is 5.82 Å². The maximum absolute atomic E-state index is 7.81. The van der Waals surface area contributed by atoms with Gasteiger partial charge in [-0.05, 0) is 12.2 Å². The number of nitrogens with one attached hydrogen (secondary N) is 3. The molecule has 0 aliphatic carbocycles. The molecule has 0 bridgehead atoms. The molecule has 2 aromatic rings. The monoisotopic (exact) mass is 256 g/mol. The van der Waals surface area contributed by atoms with E-state index in [0.29, 0.717) is 11.6 Å². The van der Waals surface area contributed by atoms with E-state index in [1.165, 1.54) is 6.26 Å². The van der Waals surface area contributed by atoms with E-state index in [2.05, 4.69) is 19.9 Å². The van der Waals surface area contributed by atoms with Crippen LogP contribution in [0.5, 0.6) is 0 Å². The van der Waals surface area contributed by atoms with Crippen LogP contribution in [0.15, 0.2) is 43.2 Å². The molecular weight excluding hydrogens is 244 g/mol. The van der Waals surface area contributed by atoms with Gasteiger partial charge in [0.25, 0.3) is 0 Å². The Hall–Kier alpha value is -2.83. The molecule has 0 saturated carbocycles. The highest BCUT2D eigenvalue weighted by molar-refractivity contribution is 5.92. The van der Waals surface area contributed by atoms with Crippen molar-refractivity contribution >= 4 is 11.4 Å². The lowest BCUT2D eigenvalue weighted by Crippen LogP contribution is -2.42. The molecule has 0 spiro atoms. The van der Waals surface area contributed by atoms with Crippen LogP contribution >= 0.6 is 0 Å². The summed E-state index contributed by atoms with van der Waals surface area (Å²) in [5.74, 6) is 0.973. The first kappa shape index (κ1) is 11.3. The largest absolute Gasteiger partial charge is 0.475 e. The second-order valence-electron chi connectivity index (χ2n) is 4.05. The van der Waals surface area contributed by atoms with E-state index in [0.717, 1.165) is 5.57 Å². The fourth-order valence-corrected chi connectivity index (χ4v) is 1.95. The predicted molar refractivity (Wildman–Crippen MR) is 69.0 cm³/mol. The van der Waals surface area contributed by atoms with E-state index in [4.69, 9.17) is 15.9 Å². The molecule has 3 rings (SSSR count). The Morgan fingerprint density at radius 1 is 1.26 bits per heavy atom. The molecule has 1 aliphatic rings. The van der Waals surface area contributed by atoms with Crippen molar-refractivity contribution in [1.82, 2.24) is 19.9 Å². The molecule has 2 aromatic heterocycles. The van der Waals surface area contributed by atoms with Gasteiger partial charge in [-0.25, -0.2) is 9.97 Å². The first-order chi connectivity index (χ1) is 9.22. The minimum atomic E-state index is -1.22. The summed E-state index contributed by atoms with van der Waals surface area (Å²) in [6, 6.07) is 0. The molecule has 96 valence electrons. The van der Waals surface area contributed by atoms with E-state index in [-0.39, 0.29) is 5.84 Å². The molecule has 7 nitrogen and oxygen atoms in total. The van der Waals surface area contributed by atoms with Gasteiger partial charge >= 0.3 is 0 Å². The number of ether oxygens (including phenoxy) is 1. The predicted octanol–water partition coefficient (Wildman–Crippen LogP) is 0.892. The van der Waals surface area contributed by atoms with Crippen LogP contribution in [0.3, 0.4) is 0 Å². The Morgan fingerprint density at radius 3 is 2.68 bits per heavy atom. The second kappa shape index (κ2) is 4.13. The van der Waals surface area contributed by atoms with Gasteiger partial charge in [-0.1, -0.05) is 0 Å². The minimum absolute atomic E-state index is 0.157. The average Bonchev–Trinajstić information content (AvgIpc) is 3.12. The van der Waals surface area contributed by atoms with Gasteiger partial charge in [-0.3, -0.25) is 5.41 Å². The lowest BCUT2D eigenvalue weighted by molar-refractivity contribution is 0.120. The van der Waals surface area contributed by atoms with Gasteiger partial charge in [0.1, 0.15) is 11.7 Å². The number of nitrogens with two attached hydrogens (primary N) is 1. The highest BCUT2D eigenvalue weighted by Gasteiger charge is 2.40. The fourth-order valence-electron chi connectivity index (χ4n) is 1.95. The molecule has 0 amide bonds. The maximum atomic E-state index is 7.81. The average molecular weight is 256 g/mol. The number of allylic oxidation sites excluding steroid dienone is 2. The van der Waals surface area contributed by atoms with E-state index in [1.807, 2.05) is 0 Å². The lowest BCUT2D eigenvalue weighted by Gasteiger charge is -2.29. The first-order valence-electron chi connectivity index (χ1n) is 5.64. The molecule has 5 N–H and O–H groups in total. The zero-order valence-corrected chi connectivity index (χ0v) is 9.92. The van der Waals surface area contributed by atoms with Crippen LogP contribution in [0, 0.1) is 5.41 Å². The molecule has 1 unspecified atom stereocenters. The van der Waals surface area contributed by atoms with Crippen molar-refractivity contribution in [2.75, 3.05) is 0 Å². The normalized spacial score (nSPS) is 21.8. The van der Waals surface area contributed by atoms with Gasteiger partial charge in [0.05, 0.1) is 6.26 Å². The van der Waals surface area contributed by atoms with Gasteiger partial charge in [-0.2, -0.15) is 0 Å². The Balaban J connectivity index is 2.12. The molecule has 0 radical (unpaired) electrons. The number of rotatable bonds is 3. The number of imidazole rings is 2. The molecule has 0 aromatic carbocycles. The molecule has 3 heterocycles. The highest BCUT2D eigenvalue weighted by atomic mass is 16.5. The summed E-state index contributed by atoms with van der Waals surface area (Å²) in [4.78, 5) is 14.2. The highest BCUT2D eigenvalue weighted by Crippen LogP contribution is 2.32. The lowest BCUT2D eigenvalue weighted by atomic mass is 9.95. The number of hydrogen-bond acceptors (Lipinski definition) is 4. The number of nitrogens with zero attached hydrogens (tertiary/aromatic N) is 2. The standard InChI is InChI=1S/C12H12N6O/c13-10(14)12(11-17-4-5-18-11)7-8(1-6-19-12)9-15-2-3-16-9/h1-7H,(H3,13,14)(H,15,16)(H,17,18). The van der Waals surface area contributed by atoms with Crippen LogP contribution in [-0.4, -0.2) is 25.8 Å². The van der Waals surface area contributed by atoms with Crippen molar-refractivity contribution in [2.24, 2.45) is 5.73 Å². The van der Waals surface area contributed by atoms with Crippen molar-refractivity contribution in [2.45, 2.75) is 5.60 Å². The summed E-state index contributed by atoms with van der Waals surface area (Å²) in [5.41, 5.74) is 5.26. The number of amidine groups is 1. The maximum Gasteiger partial charge on any atom is 0.240 e. The van der Waals surface area contributed by atoms with Crippen LogP contribution in [0.4, 0.5) is 0 Å². The molecular formula is C12H12N6O. The molecule has 19 heavy (non-hydrogen) atoms. The zero-order chi connectivity index (χ0) is 13.3. The number of aromatic nitrogens is 4. The van der Waals surface area contributed by atoms with Crippen LogP contribution in [0.25, 0.3) is 5.57 Å². The summed E-state index contributed by atoms with van der Waals surface area (Å²) >= 11 is 0. The Labute approximate surface area is 108 Å². The third kappa shape index (κ3) is 1.71. The summed E-state index contributed by atoms with van der Waals surface area (Å²) < 4.78 is 5.56. The van der Waals surface area contributed by atoms with E-state index < -0.39 is 5.60 Å². The SMILES string of the molecule is N=C(N)C1(c2ncc[nH]2)C=C(c2ncc[nH]2)C=CO1. The number of hydrogen-bond donors (Lipinski definition) is 4. The summed E-state index contributed by atoms with van der Waals surface area (Å²) in [6.07, 6.45) is 11.6. The molecule has 7 heteroatoms. The number of aromatic amines is 2. The topological polar surface area (TPSA) is 116 Å². The third-order valence-corrected chi connectivity index (χ3v) is 2.88. The quantitative estimate of drug-likeness (QED) is 0.482. The van der Waals surface area contributed by atoms with E-state index in [1.54, 1.807) is 36.9 Å². The fraction of sp³-hybridized carbons (Fsp3) is 0.0833. The molecule has 1 atom stereocenters. The van der Waals surface area contributed by atoms with Crippen molar-refractivity contribution in [3.05, 3.63) is 54.9 Å². The van der Waals surface area contributed by atoms with Gasteiger partial charge in [0, 0.05) is 30.4 Å². The van der Waals surface area contributed by atoms with Gasteiger partial charge in [-0.15, -0.1) is 0 Å². The minimum Gasteiger partial charge on any atom is -0.475 e. The van der Waals surface area contributed by atoms with Crippen LogP contribution in [-0.2, 0) is 10.3 Å².